The van der Waals surface area contributed by atoms with Crippen LogP contribution in [-0.4, -0.2) is 34.8 Å². The summed E-state index contributed by atoms with van der Waals surface area (Å²) in [6, 6.07) is 22.6. The van der Waals surface area contributed by atoms with Crippen LogP contribution < -0.4 is 10.6 Å². The minimum absolute atomic E-state index is 0.0659. The van der Waals surface area contributed by atoms with Crippen LogP contribution in [0.25, 0.3) is 11.3 Å². The molecule has 196 valence electrons. The molecule has 7 heteroatoms. The number of anilines is 2. The molecule has 2 amide bonds. The van der Waals surface area contributed by atoms with Crippen molar-refractivity contribution in [3.8, 4) is 0 Å². The number of carbonyl (C=O) groups is 3. The predicted molar refractivity (Wildman–Crippen MR) is 151 cm³/mol. The number of rotatable bonds is 7. The zero-order valence-electron chi connectivity index (χ0n) is 22.4. The maximum atomic E-state index is 13.1. The van der Waals surface area contributed by atoms with Crippen LogP contribution >= 0.6 is 0 Å². The van der Waals surface area contributed by atoms with E-state index in [-0.39, 0.29) is 17.8 Å². The van der Waals surface area contributed by atoms with Gasteiger partial charge in [0.2, 0.25) is 0 Å². The molecule has 2 N–H and O–H groups in total. The van der Waals surface area contributed by atoms with Gasteiger partial charge in [0, 0.05) is 35.6 Å². The first-order valence-corrected chi connectivity index (χ1v) is 12.7. The van der Waals surface area contributed by atoms with Gasteiger partial charge >= 0.3 is 6.09 Å². The molecule has 4 rings (SSSR count). The summed E-state index contributed by atoms with van der Waals surface area (Å²) in [7, 11) is 0. The minimum atomic E-state index is -0.560. The largest absolute Gasteiger partial charge is 0.444 e. The molecule has 1 heterocycles. The van der Waals surface area contributed by atoms with Gasteiger partial charge in [0.15, 0.2) is 5.78 Å². The first-order chi connectivity index (χ1) is 18.1. The molecule has 0 unspecified atom stereocenters. The highest BCUT2D eigenvalue weighted by Crippen LogP contribution is 2.38. The number of benzene rings is 3. The van der Waals surface area contributed by atoms with Gasteiger partial charge in [-0.3, -0.25) is 9.59 Å². The van der Waals surface area contributed by atoms with E-state index in [1.165, 1.54) is 6.92 Å². The summed E-state index contributed by atoms with van der Waals surface area (Å²) in [5.74, 6) is -0.302. The number of nitrogens with one attached hydrogen (secondary N) is 2. The first kappa shape index (κ1) is 26.7. The van der Waals surface area contributed by atoms with E-state index in [1.54, 1.807) is 23.1 Å². The lowest BCUT2D eigenvalue weighted by molar-refractivity contribution is -0.110. The highest BCUT2D eigenvalue weighted by atomic mass is 16.6. The van der Waals surface area contributed by atoms with E-state index in [0.717, 1.165) is 16.8 Å². The molecule has 38 heavy (non-hydrogen) atoms. The fraction of sp³-hybridized carbons (Fsp3) is 0.258. The van der Waals surface area contributed by atoms with Crippen molar-refractivity contribution in [1.82, 2.24) is 4.90 Å². The summed E-state index contributed by atoms with van der Waals surface area (Å²) < 4.78 is 5.52. The van der Waals surface area contributed by atoms with Crippen molar-refractivity contribution in [2.24, 2.45) is 0 Å². The minimum Gasteiger partial charge on any atom is -0.444 e. The highest BCUT2D eigenvalue weighted by Gasteiger charge is 2.29. The maximum absolute atomic E-state index is 13.1. The molecule has 3 aromatic rings. The Bertz CT molecular complexity index is 1390. The fourth-order valence-corrected chi connectivity index (χ4v) is 4.21. The Morgan fingerprint density at radius 2 is 1.63 bits per heavy atom. The van der Waals surface area contributed by atoms with E-state index < -0.39 is 5.60 Å². The van der Waals surface area contributed by atoms with Gasteiger partial charge in [-0.25, -0.2) is 4.79 Å². The summed E-state index contributed by atoms with van der Waals surface area (Å²) in [6.45, 7) is 9.92. The average molecular weight is 512 g/mol. The summed E-state index contributed by atoms with van der Waals surface area (Å²) in [4.78, 5) is 39.4. The monoisotopic (exact) mass is 511 g/mol. The van der Waals surface area contributed by atoms with E-state index in [9.17, 15) is 14.4 Å². The number of ketones is 1. The van der Waals surface area contributed by atoms with Crippen molar-refractivity contribution in [3.05, 3.63) is 95.1 Å². The van der Waals surface area contributed by atoms with Crippen LogP contribution in [0.4, 0.5) is 16.2 Å². The van der Waals surface area contributed by atoms with Crippen LogP contribution in [0, 0.1) is 0 Å². The standard InChI is InChI=1S/C31H33N3O4/c1-6-34(30(37)38-31(3,4)5)19-21-12-15-24(16-13-21)32-28(22-10-8-7-9-11-22)27-25-18-23(20(2)35)14-17-26(25)33-29(27)36/h7-18,32H,6,19H2,1-5H3,(H,33,36)/b28-27-. The van der Waals surface area contributed by atoms with E-state index in [0.29, 0.717) is 41.2 Å². The maximum Gasteiger partial charge on any atom is 0.410 e. The molecular formula is C31H33N3O4. The second-order valence-corrected chi connectivity index (χ2v) is 10.2. The predicted octanol–water partition coefficient (Wildman–Crippen LogP) is 6.58. The first-order valence-electron chi connectivity index (χ1n) is 12.7. The molecule has 0 spiro atoms. The zero-order chi connectivity index (χ0) is 27.4. The van der Waals surface area contributed by atoms with Crippen LogP contribution in [-0.2, 0) is 16.1 Å². The third kappa shape index (κ3) is 6.11. The van der Waals surface area contributed by atoms with Gasteiger partial charge in [0.25, 0.3) is 5.91 Å². The summed E-state index contributed by atoms with van der Waals surface area (Å²) in [6.07, 6.45) is -0.353. The molecule has 0 aliphatic carbocycles. The molecule has 7 nitrogen and oxygen atoms in total. The number of Topliss-reactive ketones (excluding diaryl/α,β-unsaturated/α-hetero) is 1. The number of ether oxygens (including phenoxy) is 1. The molecule has 3 aromatic carbocycles. The molecule has 1 aliphatic heterocycles. The van der Waals surface area contributed by atoms with Gasteiger partial charge in [0.1, 0.15) is 5.60 Å². The number of fused-ring (bicyclic) bond motifs is 1. The average Bonchev–Trinajstić information content (AvgIpc) is 3.20. The third-order valence-corrected chi connectivity index (χ3v) is 6.11. The number of nitrogens with zero attached hydrogens (tertiary/aromatic N) is 1. The van der Waals surface area contributed by atoms with Gasteiger partial charge in [-0.1, -0.05) is 42.5 Å². The summed E-state index contributed by atoms with van der Waals surface area (Å²) >= 11 is 0. The van der Waals surface area contributed by atoms with Crippen LogP contribution in [0.1, 0.15) is 61.7 Å². The van der Waals surface area contributed by atoms with Crippen LogP contribution in [0.5, 0.6) is 0 Å². The van der Waals surface area contributed by atoms with Gasteiger partial charge < -0.3 is 20.3 Å². The normalized spacial score (nSPS) is 13.9. The van der Waals surface area contributed by atoms with Crippen LogP contribution in [0.15, 0.2) is 72.8 Å². The van der Waals surface area contributed by atoms with E-state index in [2.05, 4.69) is 10.6 Å². The van der Waals surface area contributed by atoms with Gasteiger partial charge in [-0.15, -0.1) is 0 Å². The lowest BCUT2D eigenvalue weighted by atomic mass is 9.97. The molecule has 0 aromatic heterocycles. The number of hydrogen-bond acceptors (Lipinski definition) is 5. The Labute approximate surface area is 223 Å². The van der Waals surface area contributed by atoms with Crippen molar-refractivity contribution in [3.63, 3.8) is 0 Å². The smallest absolute Gasteiger partial charge is 0.410 e. The van der Waals surface area contributed by atoms with Crippen LogP contribution in [0.3, 0.4) is 0 Å². The second-order valence-electron chi connectivity index (χ2n) is 10.2. The Kier molecular flexibility index (Phi) is 7.67. The molecule has 1 aliphatic rings. The topological polar surface area (TPSA) is 87.7 Å². The Morgan fingerprint density at radius 3 is 2.24 bits per heavy atom. The van der Waals surface area contributed by atoms with Crippen LogP contribution in [0.2, 0.25) is 0 Å². The van der Waals surface area contributed by atoms with Crippen molar-refractivity contribution >= 4 is 40.4 Å². The van der Waals surface area contributed by atoms with Crippen molar-refractivity contribution in [2.45, 2.75) is 46.8 Å². The highest BCUT2D eigenvalue weighted by molar-refractivity contribution is 6.37. The zero-order valence-corrected chi connectivity index (χ0v) is 22.4. The van der Waals surface area contributed by atoms with Gasteiger partial charge in [0.05, 0.1) is 11.3 Å². The summed E-state index contributed by atoms with van der Waals surface area (Å²) in [5.41, 5.74) is 5.01. The summed E-state index contributed by atoms with van der Waals surface area (Å²) in [5, 5.41) is 6.35. The number of carbonyl (C=O) groups excluding carboxylic acids is 3. The second kappa shape index (κ2) is 10.9. The fourth-order valence-electron chi connectivity index (χ4n) is 4.21. The Hall–Kier alpha value is -4.39. The number of amides is 2. The van der Waals surface area contributed by atoms with E-state index in [4.69, 9.17) is 4.74 Å². The van der Waals surface area contributed by atoms with E-state index in [1.807, 2.05) is 82.3 Å². The Morgan fingerprint density at radius 1 is 0.947 bits per heavy atom. The Balaban J connectivity index is 1.66. The third-order valence-electron chi connectivity index (χ3n) is 6.11. The number of hydrogen-bond donors (Lipinski definition) is 2. The SMILES string of the molecule is CCN(Cc1ccc(N/C(=C2\C(=O)Nc3ccc(C(C)=O)cc32)c2ccccc2)cc1)C(=O)OC(C)(C)C. The van der Waals surface area contributed by atoms with Crippen molar-refractivity contribution < 1.29 is 19.1 Å². The lowest BCUT2D eigenvalue weighted by Crippen LogP contribution is -2.36. The van der Waals surface area contributed by atoms with Crippen molar-refractivity contribution in [1.29, 1.82) is 0 Å². The van der Waals surface area contributed by atoms with Crippen molar-refractivity contribution in [2.75, 3.05) is 17.2 Å². The molecule has 0 saturated heterocycles. The molecule has 0 bridgehead atoms. The quantitative estimate of drug-likeness (QED) is 0.276. The molecular weight excluding hydrogens is 478 g/mol. The van der Waals surface area contributed by atoms with Gasteiger partial charge in [-0.2, -0.15) is 0 Å². The van der Waals surface area contributed by atoms with E-state index >= 15 is 0 Å². The molecule has 0 fully saturated rings. The molecule has 0 radical (unpaired) electrons. The molecule has 0 atom stereocenters. The van der Waals surface area contributed by atoms with Gasteiger partial charge in [-0.05, 0) is 76.1 Å². The lowest BCUT2D eigenvalue weighted by Gasteiger charge is -2.26. The molecule has 0 saturated carbocycles.